The van der Waals surface area contributed by atoms with Crippen LogP contribution in [-0.2, 0) is 10.8 Å². The molecule has 0 saturated heterocycles. The lowest BCUT2D eigenvalue weighted by atomic mass is 10.1. The average Bonchev–Trinajstić information content (AvgIpc) is 2.38. The highest BCUT2D eigenvalue weighted by Gasteiger charge is 2.24. The van der Waals surface area contributed by atoms with Crippen LogP contribution < -0.4 is 4.74 Å². The summed E-state index contributed by atoms with van der Waals surface area (Å²) in [6.45, 7) is 1.68. The summed E-state index contributed by atoms with van der Waals surface area (Å²) in [6.07, 6.45) is -0.579. The molecule has 0 fully saturated rings. The van der Waals surface area contributed by atoms with E-state index < -0.39 is 16.9 Å². The molecule has 1 heterocycles. The van der Waals surface area contributed by atoms with Crippen molar-refractivity contribution in [2.45, 2.75) is 22.8 Å². The summed E-state index contributed by atoms with van der Waals surface area (Å²) in [4.78, 5) is 1.29. The van der Waals surface area contributed by atoms with Gasteiger partial charge in [0.1, 0.15) is 11.5 Å². The molecule has 1 N–H and O–H groups in total. The fourth-order valence-corrected chi connectivity index (χ4v) is 3.21. The molecule has 2 atom stereocenters. The topological polar surface area (TPSA) is 46.5 Å². The van der Waals surface area contributed by atoms with Crippen molar-refractivity contribution in [3.63, 3.8) is 0 Å². The maximum absolute atomic E-state index is 12.4. The van der Waals surface area contributed by atoms with Crippen molar-refractivity contribution in [2.24, 2.45) is 0 Å². The Labute approximate surface area is 107 Å². The summed E-state index contributed by atoms with van der Waals surface area (Å²) in [7, 11) is -1.25. The summed E-state index contributed by atoms with van der Waals surface area (Å²) >= 11 is 0. The second kappa shape index (κ2) is 4.23. The van der Waals surface area contributed by atoms with E-state index in [9.17, 15) is 9.32 Å². The van der Waals surface area contributed by atoms with Gasteiger partial charge >= 0.3 is 0 Å². The fraction of sp³-hybridized carbons (Fsp3) is 0.143. The first kappa shape index (κ1) is 11.4. The number of benzene rings is 2. The maximum atomic E-state index is 12.4. The normalized spacial score (nSPS) is 18.4. The Balaban J connectivity index is 2.14. The number of aliphatic hydroxyl groups excluding tert-OH is 1. The number of hydrogen-bond donors (Lipinski definition) is 1. The predicted molar refractivity (Wildman–Crippen MR) is 68.3 cm³/mol. The van der Waals surface area contributed by atoms with Crippen LogP contribution in [0, 0.1) is 0 Å². The lowest BCUT2D eigenvalue weighted by molar-refractivity contribution is 0.199. The molecule has 3 nitrogen and oxygen atoms in total. The van der Waals surface area contributed by atoms with Gasteiger partial charge in [-0.2, -0.15) is 0 Å². The largest absolute Gasteiger partial charge is 0.455 e. The van der Waals surface area contributed by atoms with Crippen molar-refractivity contribution >= 4 is 10.8 Å². The highest BCUT2D eigenvalue weighted by atomic mass is 32.2. The second-order valence-electron chi connectivity index (χ2n) is 4.20. The molecule has 0 aliphatic carbocycles. The summed E-state index contributed by atoms with van der Waals surface area (Å²) in [5.41, 5.74) is 0.741. The molecule has 2 aromatic carbocycles. The Morgan fingerprint density at radius 3 is 2.61 bits per heavy atom. The van der Waals surface area contributed by atoms with Crippen molar-refractivity contribution in [1.82, 2.24) is 0 Å². The van der Waals surface area contributed by atoms with Gasteiger partial charge in [-0.25, -0.2) is 4.21 Å². The molecule has 0 saturated carbocycles. The first-order valence-electron chi connectivity index (χ1n) is 5.67. The summed E-state index contributed by atoms with van der Waals surface area (Å²) in [6, 6.07) is 12.6. The molecular weight excluding hydrogens is 248 g/mol. The van der Waals surface area contributed by atoms with Gasteiger partial charge in [0.15, 0.2) is 0 Å². The SMILES string of the molecule is C[C@H](O)c1ccc2c(c1)[S@@](=O)c1ccccc1O2. The number of hydrogen-bond acceptors (Lipinski definition) is 3. The standard InChI is InChI=1S/C14H12O3S/c1-9(15)10-6-7-12-14(8-10)18(16)13-5-3-2-4-11(13)17-12/h2-9,15H,1H3/t9-,18-/m0/s1. The van der Waals surface area contributed by atoms with Gasteiger partial charge in [-0.15, -0.1) is 0 Å². The molecule has 0 bridgehead atoms. The average molecular weight is 260 g/mol. The van der Waals surface area contributed by atoms with E-state index in [1.54, 1.807) is 37.3 Å². The van der Waals surface area contributed by atoms with Crippen molar-refractivity contribution in [1.29, 1.82) is 0 Å². The molecule has 2 aromatic rings. The van der Waals surface area contributed by atoms with E-state index in [0.717, 1.165) is 5.56 Å². The third kappa shape index (κ3) is 1.74. The number of aliphatic hydroxyl groups is 1. The van der Waals surface area contributed by atoms with Gasteiger partial charge in [0.2, 0.25) is 0 Å². The Bertz CT molecular complexity index is 635. The highest BCUT2D eigenvalue weighted by molar-refractivity contribution is 7.85. The minimum Gasteiger partial charge on any atom is -0.455 e. The molecule has 0 unspecified atom stereocenters. The Morgan fingerprint density at radius 2 is 1.83 bits per heavy atom. The van der Waals surface area contributed by atoms with E-state index in [4.69, 9.17) is 4.74 Å². The molecule has 1 aliphatic heterocycles. The fourth-order valence-electron chi connectivity index (χ4n) is 1.94. The van der Waals surface area contributed by atoms with Crippen molar-refractivity contribution in [3.8, 4) is 11.5 Å². The van der Waals surface area contributed by atoms with Crippen LogP contribution in [0.4, 0.5) is 0 Å². The summed E-state index contributed by atoms with van der Waals surface area (Å²) in [5.74, 6) is 1.23. The molecule has 3 rings (SSSR count). The second-order valence-corrected chi connectivity index (χ2v) is 5.62. The number of para-hydroxylation sites is 1. The van der Waals surface area contributed by atoms with E-state index >= 15 is 0 Å². The van der Waals surface area contributed by atoms with E-state index in [1.807, 2.05) is 12.1 Å². The molecule has 92 valence electrons. The van der Waals surface area contributed by atoms with Crippen molar-refractivity contribution < 1.29 is 14.1 Å². The maximum Gasteiger partial charge on any atom is 0.144 e. The van der Waals surface area contributed by atoms with Gasteiger partial charge in [-0.3, -0.25) is 0 Å². The zero-order valence-electron chi connectivity index (χ0n) is 9.79. The lowest BCUT2D eigenvalue weighted by Crippen LogP contribution is -2.06. The Hall–Kier alpha value is -1.65. The van der Waals surface area contributed by atoms with Crippen LogP contribution in [0.2, 0.25) is 0 Å². The predicted octanol–water partition coefficient (Wildman–Crippen LogP) is 3.01. The quantitative estimate of drug-likeness (QED) is 0.731. The molecule has 0 amide bonds. The van der Waals surface area contributed by atoms with Gasteiger partial charge in [0.25, 0.3) is 0 Å². The van der Waals surface area contributed by atoms with Crippen LogP contribution in [-0.4, -0.2) is 9.32 Å². The lowest BCUT2D eigenvalue weighted by Gasteiger charge is -2.20. The van der Waals surface area contributed by atoms with Crippen LogP contribution in [0.15, 0.2) is 52.3 Å². The minimum absolute atomic E-state index is 0.579. The number of fused-ring (bicyclic) bond motifs is 2. The van der Waals surface area contributed by atoms with Crippen molar-refractivity contribution in [2.75, 3.05) is 0 Å². The Morgan fingerprint density at radius 1 is 1.11 bits per heavy atom. The molecular formula is C14H12O3S. The van der Waals surface area contributed by atoms with Gasteiger partial charge in [-0.1, -0.05) is 18.2 Å². The molecule has 0 radical (unpaired) electrons. The van der Waals surface area contributed by atoms with Gasteiger partial charge in [0, 0.05) is 0 Å². The summed E-state index contributed by atoms with van der Waals surface area (Å²) < 4.78 is 18.1. The van der Waals surface area contributed by atoms with E-state index in [0.29, 0.717) is 21.3 Å². The molecule has 0 aromatic heterocycles. The van der Waals surface area contributed by atoms with Gasteiger partial charge < -0.3 is 9.84 Å². The minimum atomic E-state index is -1.25. The van der Waals surface area contributed by atoms with E-state index in [-0.39, 0.29) is 0 Å². The highest BCUT2D eigenvalue weighted by Crippen LogP contribution is 2.40. The van der Waals surface area contributed by atoms with Crippen LogP contribution in [0.25, 0.3) is 0 Å². The molecule has 4 heteroatoms. The van der Waals surface area contributed by atoms with Crippen LogP contribution >= 0.6 is 0 Å². The van der Waals surface area contributed by atoms with E-state index in [2.05, 4.69) is 0 Å². The van der Waals surface area contributed by atoms with Crippen molar-refractivity contribution in [3.05, 3.63) is 48.0 Å². The monoisotopic (exact) mass is 260 g/mol. The van der Waals surface area contributed by atoms with Gasteiger partial charge in [-0.05, 0) is 36.8 Å². The zero-order valence-corrected chi connectivity index (χ0v) is 10.6. The number of ether oxygens (including phenoxy) is 1. The first-order chi connectivity index (χ1) is 8.66. The molecule has 1 aliphatic rings. The summed E-state index contributed by atoms with van der Waals surface area (Å²) in [5, 5.41) is 9.57. The van der Waals surface area contributed by atoms with Crippen LogP contribution in [0.5, 0.6) is 11.5 Å². The molecule has 0 spiro atoms. The van der Waals surface area contributed by atoms with Crippen LogP contribution in [0.3, 0.4) is 0 Å². The first-order valence-corrected chi connectivity index (χ1v) is 6.82. The Kier molecular flexibility index (Phi) is 2.69. The van der Waals surface area contributed by atoms with Gasteiger partial charge in [0.05, 0.1) is 26.7 Å². The third-order valence-electron chi connectivity index (χ3n) is 2.92. The third-order valence-corrected chi connectivity index (χ3v) is 4.37. The zero-order chi connectivity index (χ0) is 12.7. The van der Waals surface area contributed by atoms with E-state index in [1.165, 1.54) is 0 Å². The van der Waals surface area contributed by atoms with Crippen LogP contribution in [0.1, 0.15) is 18.6 Å². The smallest absolute Gasteiger partial charge is 0.144 e. The molecule has 18 heavy (non-hydrogen) atoms. The number of rotatable bonds is 1.